The van der Waals surface area contributed by atoms with Crippen LogP contribution in [0, 0.1) is 4.77 Å². The van der Waals surface area contributed by atoms with E-state index in [4.69, 9.17) is 21.4 Å². The fourth-order valence-electron chi connectivity index (χ4n) is 2.67. The summed E-state index contributed by atoms with van der Waals surface area (Å²) in [5, 5.41) is 17.1. The lowest BCUT2D eigenvalue weighted by Gasteiger charge is -2.10. The van der Waals surface area contributed by atoms with Crippen LogP contribution < -0.4 is 10.4 Å². The molecule has 9 heteroatoms. The molecule has 2 N–H and O–H groups in total. The highest BCUT2D eigenvalue weighted by atomic mass is 79.9. The molecule has 2 aromatic heterocycles. The fourth-order valence-corrected chi connectivity index (χ4v) is 3.19. The van der Waals surface area contributed by atoms with Gasteiger partial charge < -0.3 is 14.3 Å². The SMILES string of the molecule is O=c1cc(OCc2n[nH]c(=S)n2-c2ccc(Br)cc2)c2ccc(O)cc2o1. The Morgan fingerprint density at radius 1 is 1.22 bits per heavy atom. The van der Waals surface area contributed by atoms with Crippen molar-refractivity contribution >= 4 is 39.1 Å². The minimum Gasteiger partial charge on any atom is -0.508 e. The average Bonchev–Trinajstić information content (AvgIpc) is 3.00. The number of halogens is 1. The van der Waals surface area contributed by atoms with Gasteiger partial charge in [-0.3, -0.25) is 9.67 Å². The number of ether oxygens (including phenoxy) is 1. The van der Waals surface area contributed by atoms with Crippen molar-refractivity contribution in [3.8, 4) is 17.2 Å². The average molecular weight is 446 g/mol. The summed E-state index contributed by atoms with van der Waals surface area (Å²) < 4.78 is 14.1. The fraction of sp³-hybridized carbons (Fsp3) is 0.0556. The second kappa shape index (κ2) is 7.01. The summed E-state index contributed by atoms with van der Waals surface area (Å²) in [5.41, 5.74) is 0.497. The molecule has 4 aromatic rings. The zero-order valence-electron chi connectivity index (χ0n) is 13.7. The van der Waals surface area contributed by atoms with Gasteiger partial charge in [0, 0.05) is 16.2 Å². The number of hydrogen-bond donors (Lipinski definition) is 2. The number of benzene rings is 2. The molecule has 0 spiro atoms. The smallest absolute Gasteiger partial charge is 0.339 e. The van der Waals surface area contributed by atoms with Crippen LogP contribution in [0.3, 0.4) is 0 Å². The Morgan fingerprint density at radius 2 is 2.00 bits per heavy atom. The molecule has 0 radical (unpaired) electrons. The van der Waals surface area contributed by atoms with Crippen molar-refractivity contribution in [1.29, 1.82) is 0 Å². The highest BCUT2D eigenvalue weighted by Gasteiger charge is 2.12. The first-order valence-electron chi connectivity index (χ1n) is 7.83. The van der Waals surface area contributed by atoms with Crippen molar-refractivity contribution in [3.63, 3.8) is 0 Å². The third kappa shape index (κ3) is 3.51. The summed E-state index contributed by atoms with van der Waals surface area (Å²) in [6.07, 6.45) is 0. The molecular weight excluding hydrogens is 434 g/mol. The predicted molar refractivity (Wildman–Crippen MR) is 105 cm³/mol. The Morgan fingerprint density at radius 3 is 2.78 bits per heavy atom. The maximum atomic E-state index is 11.8. The van der Waals surface area contributed by atoms with Crippen molar-refractivity contribution in [2.45, 2.75) is 6.61 Å². The number of aromatic amines is 1. The second-order valence-electron chi connectivity index (χ2n) is 5.66. The molecule has 2 heterocycles. The number of rotatable bonds is 4. The monoisotopic (exact) mass is 445 g/mol. The maximum absolute atomic E-state index is 11.8. The molecule has 0 aliphatic heterocycles. The van der Waals surface area contributed by atoms with E-state index in [1.807, 2.05) is 24.3 Å². The van der Waals surface area contributed by atoms with Gasteiger partial charge in [-0.1, -0.05) is 15.9 Å². The van der Waals surface area contributed by atoms with Gasteiger partial charge in [-0.05, 0) is 48.6 Å². The molecule has 0 aliphatic carbocycles. The molecular formula is C18H12BrN3O4S. The molecule has 0 fully saturated rings. The molecule has 0 saturated carbocycles. The van der Waals surface area contributed by atoms with Gasteiger partial charge in [0.25, 0.3) is 0 Å². The molecule has 0 atom stereocenters. The molecule has 0 unspecified atom stereocenters. The van der Waals surface area contributed by atoms with E-state index in [1.54, 1.807) is 10.6 Å². The van der Waals surface area contributed by atoms with E-state index in [1.165, 1.54) is 18.2 Å². The van der Waals surface area contributed by atoms with Gasteiger partial charge in [-0.15, -0.1) is 0 Å². The van der Waals surface area contributed by atoms with Crippen LogP contribution >= 0.6 is 28.1 Å². The Balaban J connectivity index is 1.69. The number of phenolic OH excluding ortho intramolecular Hbond substituents is 1. The minimum atomic E-state index is -0.574. The van der Waals surface area contributed by atoms with Crippen molar-refractivity contribution in [1.82, 2.24) is 14.8 Å². The number of nitrogens with one attached hydrogen (secondary N) is 1. The Hall–Kier alpha value is -2.91. The summed E-state index contributed by atoms with van der Waals surface area (Å²) in [6, 6.07) is 13.3. The summed E-state index contributed by atoms with van der Waals surface area (Å²) in [4.78, 5) is 11.8. The van der Waals surface area contributed by atoms with Crippen molar-refractivity contribution in [3.05, 3.63) is 74.0 Å². The Labute approximate surface area is 166 Å². The van der Waals surface area contributed by atoms with Gasteiger partial charge in [0.05, 0.1) is 11.5 Å². The van der Waals surface area contributed by atoms with Crippen LogP contribution in [-0.2, 0) is 6.61 Å². The standard InChI is InChI=1S/C18H12BrN3O4S/c19-10-1-3-11(4-2-10)22-16(20-21-18(22)27)9-25-14-8-17(24)26-15-7-12(23)5-6-13(14)15/h1-8,23H,9H2,(H,21,27). The van der Waals surface area contributed by atoms with Crippen molar-refractivity contribution in [2.75, 3.05) is 0 Å². The van der Waals surface area contributed by atoms with Crippen LogP contribution in [0.2, 0.25) is 0 Å². The Kier molecular flexibility index (Phi) is 4.54. The lowest BCUT2D eigenvalue weighted by molar-refractivity contribution is 0.294. The third-order valence-electron chi connectivity index (χ3n) is 3.87. The van der Waals surface area contributed by atoms with E-state index < -0.39 is 5.63 Å². The van der Waals surface area contributed by atoms with Crippen LogP contribution in [-0.4, -0.2) is 19.9 Å². The largest absolute Gasteiger partial charge is 0.508 e. The topological polar surface area (TPSA) is 93.3 Å². The number of phenols is 1. The summed E-state index contributed by atoms with van der Waals surface area (Å²) >= 11 is 8.72. The second-order valence-corrected chi connectivity index (χ2v) is 6.96. The van der Waals surface area contributed by atoms with Gasteiger partial charge in [0.15, 0.2) is 10.6 Å². The molecule has 0 saturated heterocycles. The molecule has 136 valence electrons. The van der Waals surface area contributed by atoms with E-state index in [9.17, 15) is 9.90 Å². The van der Waals surface area contributed by atoms with E-state index in [-0.39, 0.29) is 17.9 Å². The van der Waals surface area contributed by atoms with Gasteiger partial charge in [-0.2, -0.15) is 5.10 Å². The quantitative estimate of drug-likeness (QED) is 0.363. The zero-order valence-corrected chi connectivity index (χ0v) is 16.1. The number of fused-ring (bicyclic) bond motifs is 1. The predicted octanol–water partition coefficient (Wildman–Crippen LogP) is 4.08. The lowest BCUT2D eigenvalue weighted by Crippen LogP contribution is -2.07. The number of H-pyrrole nitrogens is 1. The molecule has 2 aromatic carbocycles. The molecule has 7 nitrogen and oxygen atoms in total. The summed E-state index contributed by atoms with van der Waals surface area (Å²) in [6.45, 7) is 0.0721. The van der Waals surface area contributed by atoms with Crippen molar-refractivity contribution < 1.29 is 14.3 Å². The molecule has 0 bridgehead atoms. The highest BCUT2D eigenvalue weighted by molar-refractivity contribution is 9.10. The summed E-state index contributed by atoms with van der Waals surface area (Å²) in [7, 11) is 0. The van der Waals surface area contributed by atoms with Crippen molar-refractivity contribution in [2.24, 2.45) is 0 Å². The number of aromatic hydroxyl groups is 1. The van der Waals surface area contributed by atoms with Crippen LogP contribution in [0.1, 0.15) is 5.82 Å². The zero-order chi connectivity index (χ0) is 19.0. The first-order valence-corrected chi connectivity index (χ1v) is 9.03. The first-order chi connectivity index (χ1) is 13.0. The van der Waals surface area contributed by atoms with Crippen LogP contribution in [0.4, 0.5) is 0 Å². The molecule has 4 rings (SSSR count). The van der Waals surface area contributed by atoms with E-state index in [0.29, 0.717) is 21.7 Å². The summed E-state index contributed by atoms with van der Waals surface area (Å²) in [5.74, 6) is 0.874. The lowest BCUT2D eigenvalue weighted by atomic mass is 10.2. The highest BCUT2D eigenvalue weighted by Crippen LogP contribution is 2.27. The molecule has 0 amide bonds. The third-order valence-corrected chi connectivity index (χ3v) is 4.68. The van der Waals surface area contributed by atoms with E-state index in [0.717, 1.165) is 10.2 Å². The molecule has 27 heavy (non-hydrogen) atoms. The Bertz CT molecular complexity index is 1240. The van der Waals surface area contributed by atoms with Gasteiger partial charge >= 0.3 is 5.63 Å². The van der Waals surface area contributed by atoms with Crippen LogP contribution in [0.5, 0.6) is 11.5 Å². The number of aromatic nitrogens is 3. The van der Waals surface area contributed by atoms with Gasteiger partial charge in [0.2, 0.25) is 0 Å². The van der Waals surface area contributed by atoms with Crippen LogP contribution in [0.25, 0.3) is 16.7 Å². The van der Waals surface area contributed by atoms with Crippen LogP contribution in [0.15, 0.2) is 62.2 Å². The normalized spacial score (nSPS) is 11.0. The number of nitrogens with zero attached hydrogens (tertiary/aromatic N) is 2. The van der Waals surface area contributed by atoms with Gasteiger partial charge in [0.1, 0.15) is 23.7 Å². The van der Waals surface area contributed by atoms with Gasteiger partial charge in [-0.25, -0.2) is 4.79 Å². The molecule has 0 aliphatic rings. The minimum absolute atomic E-state index is 0.000991. The van der Waals surface area contributed by atoms with E-state index >= 15 is 0 Å². The first kappa shape index (κ1) is 17.5. The maximum Gasteiger partial charge on any atom is 0.339 e. The number of hydrogen-bond acceptors (Lipinski definition) is 6. The van der Waals surface area contributed by atoms with E-state index in [2.05, 4.69) is 26.1 Å².